The van der Waals surface area contributed by atoms with Gasteiger partial charge in [0, 0.05) is 11.7 Å². The average Bonchev–Trinajstić information content (AvgIpc) is 2.84. The second-order valence-electron chi connectivity index (χ2n) is 10.5. The van der Waals surface area contributed by atoms with Gasteiger partial charge >= 0.3 is 6.09 Å². The predicted molar refractivity (Wildman–Crippen MR) is 145 cm³/mol. The molecule has 0 bridgehead atoms. The summed E-state index contributed by atoms with van der Waals surface area (Å²) < 4.78 is 10.5. The Balaban J connectivity index is 2.38. The summed E-state index contributed by atoms with van der Waals surface area (Å²) in [7, 11) is 1.58. The predicted octanol–water partition coefficient (Wildman–Crippen LogP) is 5.55. The summed E-state index contributed by atoms with van der Waals surface area (Å²) in [4.78, 5) is 41.2. The molecule has 2 rings (SSSR count). The van der Waals surface area contributed by atoms with Crippen LogP contribution in [0.2, 0.25) is 0 Å². The fraction of sp³-hybridized carbons (Fsp3) is 0.483. The SMILES string of the molecule is COc1ccc(NC(=O)C(c2ccccc2)N(C(=O)CNC(=O)OC(C)(C)C)C(C)CCC(C)C)cc1. The van der Waals surface area contributed by atoms with Crippen LogP contribution in [0.25, 0.3) is 0 Å². The number of hydrogen-bond donors (Lipinski definition) is 2. The van der Waals surface area contributed by atoms with Gasteiger partial charge in [-0.25, -0.2) is 4.79 Å². The van der Waals surface area contributed by atoms with Crippen LogP contribution >= 0.6 is 0 Å². The molecule has 0 aliphatic carbocycles. The number of nitrogens with one attached hydrogen (secondary N) is 2. The molecule has 202 valence electrons. The monoisotopic (exact) mass is 511 g/mol. The lowest BCUT2D eigenvalue weighted by molar-refractivity contribution is -0.140. The van der Waals surface area contributed by atoms with Crippen LogP contribution in [0.3, 0.4) is 0 Å². The van der Waals surface area contributed by atoms with Crippen molar-refractivity contribution in [2.24, 2.45) is 5.92 Å². The average molecular weight is 512 g/mol. The van der Waals surface area contributed by atoms with Crippen LogP contribution in [0, 0.1) is 5.92 Å². The van der Waals surface area contributed by atoms with Gasteiger partial charge in [-0.2, -0.15) is 0 Å². The zero-order chi connectivity index (χ0) is 27.6. The van der Waals surface area contributed by atoms with Crippen LogP contribution in [-0.2, 0) is 14.3 Å². The van der Waals surface area contributed by atoms with Crippen LogP contribution in [0.5, 0.6) is 5.75 Å². The molecule has 0 aliphatic heterocycles. The van der Waals surface area contributed by atoms with Gasteiger partial charge in [0.05, 0.1) is 7.11 Å². The Morgan fingerprint density at radius 2 is 1.54 bits per heavy atom. The maximum Gasteiger partial charge on any atom is 0.408 e. The second-order valence-corrected chi connectivity index (χ2v) is 10.5. The van der Waals surface area contributed by atoms with Gasteiger partial charge in [0.2, 0.25) is 5.91 Å². The van der Waals surface area contributed by atoms with Crippen molar-refractivity contribution in [2.75, 3.05) is 19.0 Å². The Kier molecular flexibility index (Phi) is 11.0. The summed E-state index contributed by atoms with van der Waals surface area (Å²) >= 11 is 0. The lowest BCUT2D eigenvalue weighted by Crippen LogP contribution is -2.50. The Bertz CT molecular complexity index is 1020. The van der Waals surface area contributed by atoms with Gasteiger partial charge in [-0.1, -0.05) is 44.2 Å². The lowest BCUT2D eigenvalue weighted by Gasteiger charge is -2.36. The smallest absolute Gasteiger partial charge is 0.408 e. The van der Waals surface area contributed by atoms with E-state index in [1.165, 1.54) is 0 Å². The van der Waals surface area contributed by atoms with Gasteiger partial charge < -0.3 is 25.0 Å². The van der Waals surface area contributed by atoms with Crippen molar-refractivity contribution in [1.82, 2.24) is 10.2 Å². The maximum atomic E-state index is 13.7. The second kappa shape index (κ2) is 13.7. The summed E-state index contributed by atoms with van der Waals surface area (Å²) in [6.07, 6.45) is 0.899. The number of carbonyl (C=O) groups is 3. The number of anilines is 1. The zero-order valence-corrected chi connectivity index (χ0v) is 23.0. The minimum atomic E-state index is -0.904. The first-order valence-electron chi connectivity index (χ1n) is 12.7. The first kappa shape index (κ1) is 29.7. The molecule has 0 aromatic heterocycles. The first-order valence-corrected chi connectivity index (χ1v) is 12.7. The van der Waals surface area contributed by atoms with E-state index in [0.717, 1.165) is 6.42 Å². The van der Waals surface area contributed by atoms with E-state index in [1.807, 2.05) is 37.3 Å². The van der Waals surface area contributed by atoms with E-state index < -0.39 is 17.7 Å². The Hall–Kier alpha value is -3.55. The number of rotatable bonds is 11. The molecule has 8 heteroatoms. The molecule has 0 saturated heterocycles. The van der Waals surface area contributed by atoms with Gasteiger partial charge in [-0.3, -0.25) is 9.59 Å². The molecular weight excluding hydrogens is 470 g/mol. The van der Waals surface area contributed by atoms with Crippen LogP contribution < -0.4 is 15.4 Å². The van der Waals surface area contributed by atoms with Gasteiger partial charge in [0.15, 0.2) is 0 Å². The van der Waals surface area contributed by atoms with E-state index in [9.17, 15) is 14.4 Å². The summed E-state index contributed by atoms with van der Waals surface area (Å²) in [6, 6.07) is 15.0. The van der Waals surface area contributed by atoms with Crippen LogP contribution in [-0.4, -0.2) is 48.1 Å². The van der Waals surface area contributed by atoms with E-state index in [1.54, 1.807) is 57.0 Å². The molecule has 0 aliphatic rings. The van der Waals surface area contributed by atoms with E-state index in [4.69, 9.17) is 9.47 Å². The number of nitrogens with zero attached hydrogens (tertiary/aromatic N) is 1. The van der Waals surface area contributed by atoms with E-state index >= 15 is 0 Å². The van der Waals surface area contributed by atoms with Gasteiger partial charge in [-0.05, 0) is 76.3 Å². The zero-order valence-electron chi connectivity index (χ0n) is 23.0. The molecule has 2 unspecified atom stereocenters. The molecule has 2 atom stereocenters. The summed E-state index contributed by atoms with van der Waals surface area (Å²) in [5.74, 6) is 0.381. The van der Waals surface area contributed by atoms with Gasteiger partial charge in [0.1, 0.15) is 23.9 Å². The molecule has 0 heterocycles. The molecule has 0 saturated carbocycles. The highest BCUT2D eigenvalue weighted by atomic mass is 16.6. The van der Waals surface area contributed by atoms with Crippen molar-refractivity contribution in [3.05, 3.63) is 60.2 Å². The molecule has 2 N–H and O–H groups in total. The molecule has 2 aromatic carbocycles. The fourth-order valence-corrected chi connectivity index (χ4v) is 3.87. The minimum absolute atomic E-state index is 0.262. The number of ether oxygens (including phenoxy) is 2. The standard InChI is InChI=1S/C29H41N3O5/c1-20(2)13-14-21(3)32(25(33)19-30-28(35)37-29(4,5)6)26(22-11-9-8-10-12-22)27(34)31-23-15-17-24(36-7)18-16-23/h8-12,15-18,20-21,26H,13-14,19H2,1-7H3,(H,30,35)(H,31,34). The van der Waals surface area contributed by atoms with E-state index in [2.05, 4.69) is 24.5 Å². The Morgan fingerprint density at radius 3 is 2.08 bits per heavy atom. The van der Waals surface area contributed by atoms with Crippen LogP contribution in [0.1, 0.15) is 66.0 Å². The molecule has 0 fully saturated rings. The highest BCUT2D eigenvalue weighted by Crippen LogP contribution is 2.28. The summed E-state index contributed by atoms with van der Waals surface area (Å²) in [5, 5.41) is 5.49. The quantitative estimate of drug-likeness (QED) is 0.412. The molecule has 0 spiro atoms. The normalized spacial score (nSPS) is 12.9. The summed E-state index contributed by atoms with van der Waals surface area (Å²) in [5.41, 5.74) is 0.568. The summed E-state index contributed by atoms with van der Waals surface area (Å²) in [6.45, 7) is 11.1. The number of amides is 3. The molecule has 8 nitrogen and oxygen atoms in total. The number of methoxy groups -OCH3 is 1. The number of benzene rings is 2. The first-order chi connectivity index (χ1) is 17.4. The third kappa shape index (κ3) is 9.79. The van der Waals surface area contributed by atoms with Crippen molar-refractivity contribution in [3.8, 4) is 5.75 Å². The molecule has 2 aromatic rings. The highest BCUT2D eigenvalue weighted by Gasteiger charge is 2.35. The van der Waals surface area contributed by atoms with Crippen molar-refractivity contribution in [1.29, 1.82) is 0 Å². The van der Waals surface area contributed by atoms with Crippen molar-refractivity contribution >= 4 is 23.6 Å². The third-order valence-electron chi connectivity index (χ3n) is 5.71. The number of alkyl carbamates (subject to hydrolysis) is 1. The van der Waals surface area contributed by atoms with E-state index in [-0.39, 0.29) is 24.4 Å². The Morgan fingerprint density at radius 1 is 0.919 bits per heavy atom. The highest BCUT2D eigenvalue weighted by molar-refractivity contribution is 5.98. The van der Waals surface area contributed by atoms with Gasteiger partial charge in [0.25, 0.3) is 5.91 Å². The number of carbonyl (C=O) groups excluding carboxylic acids is 3. The van der Waals surface area contributed by atoms with Crippen LogP contribution in [0.4, 0.5) is 10.5 Å². The van der Waals surface area contributed by atoms with E-state index in [0.29, 0.717) is 29.3 Å². The van der Waals surface area contributed by atoms with Crippen LogP contribution in [0.15, 0.2) is 54.6 Å². The minimum Gasteiger partial charge on any atom is -0.497 e. The van der Waals surface area contributed by atoms with Crippen molar-refractivity contribution in [2.45, 2.75) is 72.1 Å². The molecular formula is C29H41N3O5. The molecule has 37 heavy (non-hydrogen) atoms. The third-order valence-corrected chi connectivity index (χ3v) is 5.71. The fourth-order valence-electron chi connectivity index (χ4n) is 3.87. The lowest BCUT2D eigenvalue weighted by atomic mass is 9.98. The topological polar surface area (TPSA) is 97.0 Å². The van der Waals surface area contributed by atoms with Gasteiger partial charge in [-0.15, -0.1) is 0 Å². The Labute approximate surface area is 220 Å². The van der Waals surface area contributed by atoms with Crippen molar-refractivity contribution < 1.29 is 23.9 Å². The largest absolute Gasteiger partial charge is 0.497 e. The molecule has 0 radical (unpaired) electrons. The number of hydrogen-bond acceptors (Lipinski definition) is 5. The van der Waals surface area contributed by atoms with Crippen molar-refractivity contribution in [3.63, 3.8) is 0 Å². The maximum absolute atomic E-state index is 13.7. The molecule has 3 amide bonds.